The first-order chi connectivity index (χ1) is 69.7. The zero-order valence-corrected chi connectivity index (χ0v) is 78.2. The number of benzene rings is 22. The fourth-order valence-electron chi connectivity index (χ4n) is 20.9. The van der Waals surface area contributed by atoms with E-state index in [-0.39, 0.29) is 5.41 Å². The molecule has 0 N–H and O–H groups in total. The van der Waals surface area contributed by atoms with E-state index < -0.39 is 0 Å². The molecule has 1 aliphatic carbocycles. The van der Waals surface area contributed by atoms with Crippen LogP contribution in [0.4, 0.5) is 51.2 Å². The summed E-state index contributed by atoms with van der Waals surface area (Å²) < 4.78 is 11.1. The molecule has 3 aromatic heterocycles. The second-order valence-electron chi connectivity index (χ2n) is 36.7. The largest absolute Gasteiger partial charge is 0.455 e. The van der Waals surface area contributed by atoms with Crippen molar-refractivity contribution in [3.63, 3.8) is 0 Å². The lowest BCUT2D eigenvalue weighted by Gasteiger charge is -2.28. The SMILES string of the molecule is CC1(C)c2ccccc2-c2ccc(N(c3ccccc3)c3ccc(-c4cccc(-n5c6ccccc6c6ccccc65)c4)cc3)cc21.c1ccc(-c2ccc(N(c3ccc(-c4ccccc4)cc3)c3ccc(-c4cccc(-n5c6ccccc6c6ccccc65)c4)cc3)cc2)cc1.c1ccc(-c2ccc(N(c3ccc(-c4ccccc4)cc3)c3ccc(-c4cccc5c4oc4ccccc45)cc3)cc2)cc1. The van der Waals surface area contributed by atoms with E-state index in [1.165, 1.54) is 133 Å². The van der Waals surface area contributed by atoms with Gasteiger partial charge in [-0.05, 0) is 258 Å². The summed E-state index contributed by atoms with van der Waals surface area (Å²) in [6, 6.07) is 198. The quantitative estimate of drug-likeness (QED) is 0.0857. The Balaban J connectivity index is 0.000000115. The molecule has 0 radical (unpaired) electrons. The lowest BCUT2D eigenvalue weighted by Crippen LogP contribution is -2.16. The minimum Gasteiger partial charge on any atom is -0.455 e. The summed E-state index contributed by atoms with van der Waals surface area (Å²) in [5.74, 6) is 0. The fraction of sp³-hybridized carbons (Fsp3) is 0.0222. The molecular formula is C135H97N5O. The van der Waals surface area contributed by atoms with Gasteiger partial charge in [0.15, 0.2) is 0 Å². The van der Waals surface area contributed by atoms with Crippen molar-refractivity contribution >= 4 is 117 Å². The minimum absolute atomic E-state index is 0.0600. The summed E-state index contributed by atoms with van der Waals surface area (Å²) in [5.41, 5.74) is 41.1. The summed E-state index contributed by atoms with van der Waals surface area (Å²) in [4.78, 5) is 7.02. The van der Waals surface area contributed by atoms with Gasteiger partial charge in [-0.2, -0.15) is 0 Å². The van der Waals surface area contributed by atoms with Gasteiger partial charge in [-0.3, -0.25) is 0 Å². The average molecular weight is 1810 g/mol. The van der Waals surface area contributed by atoms with E-state index in [0.29, 0.717) is 0 Å². The molecule has 0 saturated heterocycles. The molecule has 0 spiro atoms. The van der Waals surface area contributed by atoms with Crippen LogP contribution in [0, 0.1) is 0 Å². The molecule has 141 heavy (non-hydrogen) atoms. The van der Waals surface area contributed by atoms with E-state index >= 15 is 0 Å². The van der Waals surface area contributed by atoms with Gasteiger partial charge in [0.05, 0.1) is 22.1 Å². The van der Waals surface area contributed by atoms with E-state index in [9.17, 15) is 0 Å². The van der Waals surface area contributed by atoms with Gasteiger partial charge in [-0.15, -0.1) is 0 Å². The third-order valence-electron chi connectivity index (χ3n) is 27.9. The molecular weight excluding hydrogens is 1710 g/mol. The van der Waals surface area contributed by atoms with Crippen molar-refractivity contribution in [2.75, 3.05) is 14.7 Å². The molecule has 0 unspecified atom stereocenters. The Morgan fingerprint density at radius 1 is 0.170 bits per heavy atom. The summed E-state index contributed by atoms with van der Waals surface area (Å²) >= 11 is 0. The molecule has 0 fully saturated rings. The van der Waals surface area contributed by atoms with E-state index in [1.54, 1.807) is 0 Å². The highest BCUT2D eigenvalue weighted by Gasteiger charge is 2.36. The van der Waals surface area contributed by atoms with Crippen LogP contribution in [-0.2, 0) is 5.41 Å². The van der Waals surface area contributed by atoms with Crippen LogP contribution in [0.3, 0.4) is 0 Å². The molecule has 0 amide bonds. The summed E-state index contributed by atoms with van der Waals surface area (Å²) in [7, 11) is 0. The maximum Gasteiger partial charge on any atom is 0.143 e. The van der Waals surface area contributed by atoms with E-state index in [1.807, 2.05) is 12.1 Å². The smallest absolute Gasteiger partial charge is 0.143 e. The Labute approximate surface area is 822 Å². The highest BCUT2D eigenvalue weighted by molar-refractivity contribution is 6.12. The zero-order valence-electron chi connectivity index (χ0n) is 78.2. The third kappa shape index (κ3) is 16.5. The molecule has 22 aromatic carbocycles. The topological polar surface area (TPSA) is 32.7 Å². The van der Waals surface area contributed by atoms with Crippen molar-refractivity contribution in [3.8, 4) is 100 Å². The zero-order chi connectivity index (χ0) is 94.1. The van der Waals surface area contributed by atoms with E-state index in [0.717, 1.165) is 95.6 Å². The first-order valence-electron chi connectivity index (χ1n) is 48.4. The molecule has 25 aromatic rings. The van der Waals surface area contributed by atoms with Gasteiger partial charge in [0.1, 0.15) is 11.2 Å². The molecule has 668 valence electrons. The molecule has 6 heteroatoms. The van der Waals surface area contributed by atoms with Crippen LogP contribution in [0.15, 0.2) is 556 Å². The molecule has 0 saturated carbocycles. The Hall–Kier alpha value is -18.4. The van der Waals surface area contributed by atoms with E-state index in [2.05, 4.69) is 578 Å². The number of hydrogen-bond acceptors (Lipinski definition) is 4. The molecule has 0 atom stereocenters. The summed E-state index contributed by atoms with van der Waals surface area (Å²) in [6.07, 6.45) is 0. The Morgan fingerprint density at radius 2 is 0.426 bits per heavy atom. The van der Waals surface area contributed by atoms with Crippen LogP contribution in [0.5, 0.6) is 0 Å². The Morgan fingerprint density at radius 3 is 0.809 bits per heavy atom. The maximum absolute atomic E-state index is 6.34. The lowest BCUT2D eigenvalue weighted by atomic mass is 9.82. The monoisotopic (exact) mass is 1800 g/mol. The van der Waals surface area contributed by atoms with Crippen molar-refractivity contribution in [3.05, 3.63) is 563 Å². The first kappa shape index (κ1) is 85.6. The van der Waals surface area contributed by atoms with Gasteiger partial charge in [0.2, 0.25) is 0 Å². The maximum atomic E-state index is 6.34. The second kappa shape index (κ2) is 37.4. The van der Waals surface area contributed by atoms with Crippen LogP contribution in [-0.4, -0.2) is 9.13 Å². The van der Waals surface area contributed by atoms with Crippen LogP contribution in [0.2, 0.25) is 0 Å². The predicted molar refractivity (Wildman–Crippen MR) is 595 cm³/mol. The molecule has 0 aliphatic heterocycles. The number of fused-ring (bicyclic) bond motifs is 12. The van der Waals surface area contributed by atoms with Crippen LogP contribution < -0.4 is 14.7 Å². The number of nitrogens with zero attached hydrogens (tertiary/aromatic N) is 5. The van der Waals surface area contributed by atoms with E-state index in [4.69, 9.17) is 4.42 Å². The van der Waals surface area contributed by atoms with Gasteiger partial charge < -0.3 is 28.3 Å². The standard InChI is InChI=1S/C48H34N2.C45H34N2.C42H29NO/c1-3-12-35(13-4-1)37-22-28-41(29-23-37)49(42-30-24-38(25-31-42)36-14-5-2-6-15-36)43-32-26-39(27-33-43)40-16-11-17-44(34-40)50-47-20-9-7-18-45(47)46-19-8-10-21-48(46)50;1-45(2)41-20-9-6-17-37(41)38-28-27-36(30-42(38)45)46(33-14-4-3-5-15-33)34-25-23-31(24-26-34)32-13-12-16-35(29-32)47-43-21-10-7-18-39(43)40-19-8-11-22-44(40)47;1-3-10-30(11-4-1)32-18-24-35(25-19-32)43(36-26-20-33(21-27-36)31-12-5-2-6-13-31)37-28-22-34(23-29-37)38-15-9-16-40-39-14-7-8-17-41(39)44-42(38)40/h1-34H;3-30H,1-2H3;1-29H. The predicted octanol–water partition coefficient (Wildman–Crippen LogP) is 37.5. The molecule has 0 bridgehead atoms. The number of para-hydroxylation sites is 7. The highest BCUT2D eigenvalue weighted by atomic mass is 16.3. The average Bonchev–Trinajstić information content (AvgIpc) is 1.57. The Bertz CT molecular complexity index is 8530. The van der Waals surface area contributed by atoms with Crippen molar-refractivity contribution in [1.29, 1.82) is 0 Å². The van der Waals surface area contributed by atoms with Crippen molar-refractivity contribution in [2.24, 2.45) is 0 Å². The van der Waals surface area contributed by atoms with Crippen molar-refractivity contribution < 1.29 is 4.42 Å². The number of hydrogen-bond donors (Lipinski definition) is 0. The van der Waals surface area contributed by atoms with Gasteiger partial charge in [0, 0.05) is 106 Å². The highest BCUT2D eigenvalue weighted by Crippen LogP contribution is 2.52. The summed E-state index contributed by atoms with van der Waals surface area (Å²) in [5, 5.41) is 7.37. The van der Waals surface area contributed by atoms with Gasteiger partial charge in [-0.25, -0.2) is 0 Å². The fourth-order valence-corrected chi connectivity index (χ4v) is 20.9. The minimum atomic E-state index is -0.0600. The second-order valence-corrected chi connectivity index (χ2v) is 36.7. The van der Waals surface area contributed by atoms with Gasteiger partial charge >= 0.3 is 0 Å². The third-order valence-corrected chi connectivity index (χ3v) is 27.9. The normalized spacial score (nSPS) is 11.8. The van der Waals surface area contributed by atoms with Gasteiger partial charge in [0.25, 0.3) is 0 Å². The Kier molecular flexibility index (Phi) is 22.7. The number of rotatable bonds is 18. The lowest BCUT2D eigenvalue weighted by molar-refractivity contribution is 0.660. The molecule has 3 heterocycles. The number of aromatic nitrogens is 2. The molecule has 1 aliphatic rings. The van der Waals surface area contributed by atoms with Crippen LogP contribution >= 0.6 is 0 Å². The molecule has 6 nitrogen and oxygen atoms in total. The molecule has 26 rings (SSSR count). The first-order valence-corrected chi connectivity index (χ1v) is 48.4. The van der Waals surface area contributed by atoms with Crippen molar-refractivity contribution in [1.82, 2.24) is 9.13 Å². The van der Waals surface area contributed by atoms with Crippen LogP contribution in [0.25, 0.3) is 166 Å². The van der Waals surface area contributed by atoms with Crippen molar-refractivity contribution in [2.45, 2.75) is 19.3 Å². The van der Waals surface area contributed by atoms with Crippen LogP contribution in [0.1, 0.15) is 25.0 Å². The number of anilines is 9. The summed E-state index contributed by atoms with van der Waals surface area (Å²) in [6.45, 7) is 4.69. The van der Waals surface area contributed by atoms with Gasteiger partial charge in [-0.1, -0.05) is 402 Å². The number of furan rings is 1.